The summed E-state index contributed by atoms with van der Waals surface area (Å²) in [7, 11) is 0. The normalized spacial score (nSPS) is 14.9. The molecule has 2 aromatic heterocycles. The van der Waals surface area contributed by atoms with Crippen molar-refractivity contribution < 1.29 is 0 Å². The molecule has 0 atom stereocenters. The molecule has 12 bridgehead atoms. The Kier molecular flexibility index (Phi) is 12.0. The van der Waals surface area contributed by atoms with Crippen molar-refractivity contribution in [1.82, 2.24) is 9.97 Å². The van der Waals surface area contributed by atoms with E-state index in [-0.39, 0.29) is 0 Å². The van der Waals surface area contributed by atoms with Crippen LogP contribution in [0.4, 0.5) is 0 Å². The molecule has 484 valence electrons. The molecule has 0 saturated carbocycles. The molecule has 0 amide bonds. The summed E-state index contributed by atoms with van der Waals surface area (Å²) in [6.45, 7) is 0. The zero-order valence-corrected chi connectivity index (χ0v) is 59.4. The maximum absolute atomic E-state index is 4.16. The van der Waals surface area contributed by atoms with Crippen molar-refractivity contribution in [3.05, 3.63) is 450 Å². The third-order valence-electron chi connectivity index (χ3n) is 24.8. The van der Waals surface area contributed by atoms with Gasteiger partial charge in [-0.15, -0.1) is 0 Å². The summed E-state index contributed by atoms with van der Waals surface area (Å²) in [6.07, 6.45) is 0. The molecule has 16 aromatic carbocycles. The van der Waals surface area contributed by atoms with Crippen LogP contribution in [0.15, 0.2) is 361 Å². The van der Waals surface area contributed by atoms with Gasteiger partial charge in [0, 0.05) is 41.5 Å². The smallest absolute Gasteiger partial charge is 0.0734 e. The lowest BCUT2D eigenvalue weighted by Crippen LogP contribution is -2.32. The van der Waals surface area contributed by atoms with Gasteiger partial charge in [0.25, 0.3) is 0 Å². The third kappa shape index (κ3) is 7.43. The monoisotopic (exact) mass is 1450 g/mol. The molecule has 104 heavy (non-hydrogen) atoms. The van der Waals surface area contributed by atoms with Crippen molar-refractivity contribution >= 4 is 75.5 Å². The van der Waals surface area contributed by atoms with Crippen LogP contribution in [-0.2, 0) is 21.7 Å². The molecule has 0 aliphatic heterocycles. The minimum atomic E-state index is -0.792. The Morgan fingerprint density at radius 1 is 0.183 bits per heavy atom. The number of aromatic amines is 2. The average molecular weight is 1450 g/mol. The van der Waals surface area contributed by atoms with E-state index in [9.17, 15) is 0 Å². The highest BCUT2D eigenvalue weighted by molar-refractivity contribution is 9.10. The van der Waals surface area contributed by atoms with E-state index in [1.54, 1.807) is 0 Å². The van der Waals surface area contributed by atoms with Crippen LogP contribution in [0, 0.1) is 0 Å². The van der Waals surface area contributed by atoms with Crippen LogP contribution in [0.25, 0.3) is 110 Å². The second kappa shape index (κ2) is 21.3. The third-order valence-corrected chi connectivity index (χ3v) is 25.7. The Hall–Kier alpha value is -11.9. The molecule has 18 aromatic rings. The van der Waals surface area contributed by atoms with E-state index in [0.717, 1.165) is 53.3 Å². The fourth-order valence-electron chi connectivity index (χ4n) is 20.7. The predicted molar refractivity (Wildman–Crippen MR) is 434 cm³/mol. The van der Waals surface area contributed by atoms with Crippen LogP contribution in [0.3, 0.4) is 0 Å². The second-order valence-electron chi connectivity index (χ2n) is 29.2. The number of hydrogen-bond donors (Lipinski definition) is 2. The standard InChI is InChI=1S/C100H60Br2N2/c101-69-49-51-93-79(57-69)81-53-67-55-91(95(81)103-93)99(87-29-13-5-21-75(87)76-22-6-14-30-88(76)99)65-45-39-62(40-46-65)60-35-43-64(44-36-60)98(85-27-11-3-19-73(85)74-20-4-12-28-86(74)98)68-54-82-80-58-70(102)50-52-94(80)104-96(82)92(56-68)100(89-31-15-7-23-77(89)78-24-8-16-32-90(78)100)66-47-37-61(38-48-66)59-33-41-63(42-34-59)97(67)83-25-9-1-17-71(83)72-18-2-10-26-84(72)97/h1-58,103-104H. The first-order chi connectivity index (χ1) is 51.3. The molecule has 29 rings (SSSR count). The highest BCUT2D eigenvalue weighted by atomic mass is 79.9. The molecule has 0 unspecified atom stereocenters. The van der Waals surface area contributed by atoms with Crippen LogP contribution >= 0.6 is 31.9 Å². The number of aromatic nitrogens is 2. The summed E-state index contributed by atoms with van der Waals surface area (Å²) in [5.74, 6) is 0. The Morgan fingerprint density at radius 2 is 0.413 bits per heavy atom. The number of nitrogens with one attached hydrogen (secondary N) is 2. The van der Waals surface area contributed by atoms with E-state index in [4.69, 9.17) is 0 Å². The Bertz CT molecular complexity index is 6150. The van der Waals surface area contributed by atoms with Crippen molar-refractivity contribution in [3.63, 3.8) is 0 Å². The maximum atomic E-state index is 4.16. The van der Waals surface area contributed by atoms with Gasteiger partial charge in [0.15, 0.2) is 0 Å². The van der Waals surface area contributed by atoms with Crippen molar-refractivity contribution in [2.75, 3.05) is 0 Å². The summed E-state index contributed by atoms with van der Waals surface area (Å²) in [4.78, 5) is 8.32. The van der Waals surface area contributed by atoms with E-state index in [0.29, 0.717) is 0 Å². The van der Waals surface area contributed by atoms with E-state index in [2.05, 4.69) is 394 Å². The lowest BCUT2D eigenvalue weighted by molar-refractivity contribution is 0.745. The SMILES string of the molecule is Brc1ccc2[nH]c3c4cc(cc3c2c1)C1(c2ccc(cc2)-c2ccc(cc2)C2(c3ccccc3-c3ccccc32)c2cc(cc3c2[nH]c2ccc(Br)cc23)C2(c3ccc(cc3)-c3ccc(cc3)C43c4ccccc4-c4ccccc43)c3ccccc3-c3ccccc32)c2ccccc2-c2ccccc21. The van der Waals surface area contributed by atoms with Crippen molar-refractivity contribution in [2.24, 2.45) is 0 Å². The number of rotatable bonds is 0. The molecule has 11 aliphatic rings. The molecule has 11 aliphatic carbocycles. The second-order valence-corrected chi connectivity index (χ2v) is 31.0. The first kappa shape index (κ1) is 58.7. The van der Waals surface area contributed by atoms with E-state index in [1.807, 2.05) is 0 Å². The zero-order valence-electron chi connectivity index (χ0n) is 56.2. The lowest BCUT2D eigenvalue weighted by Gasteiger charge is -2.38. The summed E-state index contributed by atoms with van der Waals surface area (Å²) in [6, 6.07) is 136. The highest BCUT2D eigenvalue weighted by Crippen LogP contribution is 2.65. The van der Waals surface area contributed by atoms with Gasteiger partial charge < -0.3 is 9.97 Å². The van der Waals surface area contributed by atoms with E-state index >= 15 is 0 Å². The maximum Gasteiger partial charge on any atom is 0.0734 e. The molecule has 2 N–H and O–H groups in total. The minimum Gasteiger partial charge on any atom is -0.354 e. The van der Waals surface area contributed by atoms with Crippen LogP contribution in [0.5, 0.6) is 0 Å². The van der Waals surface area contributed by atoms with Crippen molar-refractivity contribution in [2.45, 2.75) is 21.7 Å². The number of hydrogen-bond acceptors (Lipinski definition) is 0. The average Bonchev–Trinajstić information content (AvgIpc) is 1.49. The molecule has 0 saturated heterocycles. The van der Waals surface area contributed by atoms with Crippen LogP contribution < -0.4 is 0 Å². The zero-order chi connectivity index (χ0) is 68.4. The topological polar surface area (TPSA) is 31.6 Å². The largest absolute Gasteiger partial charge is 0.354 e. The van der Waals surface area contributed by atoms with Crippen LogP contribution in [-0.4, -0.2) is 9.97 Å². The van der Waals surface area contributed by atoms with Gasteiger partial charge >= 0.3 is 0 Å². The van der Waals surface area contributed by atoms with Crippen molar-refractivity contribution in [3.8, 4) is 66.8 Å². The van der Waals surface area contributed by atoms with E-state index < -0.39 is 21.7 Å². The summed E-state index contributed by atoms with van der Waals surface area (Å²) >= 11 is 7.98. The van der Waals surface area contributed by atoms with E-state index in [1.165, 1.54) is 155 Å². The fraction of sp³-hybridized carbons (Fsp3) is 0.0400. The van der Waals surface area contributed by atoms with Gasteiger partial charge in [-0.2, -0.15) is 0 Å². The Balaban J connectivity index is 0.858. The molecule has 0 radical (unpaired) electrons. The molecule has 2 heterocycles. The molecule has 4 heteroatoms. The number of H-pyrrole nitrogens is 2. The molecular formula is C100H60Br2N2. The van der Waals surface area contributed by atoms with Gasteiger partial charge in [-0.05, 0) is 204 Å². The number of halogens is 2. The lowest BCUT2D eigenvalue weighted by atomic mass is 9.63. The van der Waals surface area contributed by atoms with Gasteiger partial charge in [0.1, 0.15) is 0 Å². The first-order valence-corrected chi connectivity index (χ1v) is 37.7. The Labute approximate surface area is 618 Å². The quantitative estimate of drug-likeness (QED) is 0.152. The van der Waals surface area contributed by atoms with Gasteiger partial charge in [0.05, 0.1) is 32.7 Å². The van der Waals surface area contributed by atoms with Gasteiger partial charge in [-0.1, -0.05) is 335 Å². The fourth-order valence-corrected chi connectivity index (χ4v) is 21.4. The Morgan fingerprint density at radius 3 is 0.673 bits per heavy atom. The first-order valence-electron chi connectivity index (χ1n) is 36.1. The number of benzene rings is 16. The number of fused-ring (bicyclic) bond motifs is 18. The minimum absolute atomic E-state index is 0.761. The van der Waals surface area contributed by atoms with Gasteiger partial charge in [0.2, 0.25) is 0 Å². The molecular weight excluding hydrogens is 1390 g/mol. The van der Waals surface area contributed by atoms with Gasteiger partial charge in [-0.25, -0.2) is 0 Å². The van der Waals surface area contributed by atoms with Crippen LogP contribution in [0.1, 0.15) is 89.0 Å². The molecule has 2 nitrogen and oxygen atoms in total. The van der Waals surface area contributed by atoms with Gasteiger partial charge in [-0.3, -0.25) is 0 Å². The summed E-state index contributed by atoms with van der Waals surface area (Å²) in [5, 5.41) is 4.70. The van der Waals surface area contributed by atoms with Crippen molar-refractivity contribution in [1.29, 1.82) is 0 Å². The summed E-state index contributed by atoms with van der Waals surface area (Å²) in [5.41, 5.74) is 35.7. The predicted octanol–water partition coefficient (Wildman–Crippen LogP) is 25.6. The highest BCUT2D eigenvalue weighted by Gasteiger charge is 2.54. The van der Waals surface area contributed by atoms with Crippen LogP contribution in [0.2, 0.25) is 0 Å². The molecule has 0 fully saturated rings. The summed E-state index contributed by atoms with van der Waals surface area (Å²) < 4.78 is 2.07. The molecule has 4 spiro atoms.